The van der Waals surface area contributed by atoms with Crippen LogP contribution in [0.4, 0.5) is 4.39 Å². The Morgan fingerprint density at radius 3 is 2.67 bits per heavy atom. The number of halogens is 1. The minimum atomic E-state index is -0.124. The van der Waals surface area contributed by atoms with Gasteiger partial charge in [-0.3, -0.25) is 4.90 Å². The zero-order chi connectivity index (χ0) is 11.3. The van der Waals surface area contributed by atoms with Crippen molar-refractivity contribution in [3.05, 3.63) is 35.6 Å². The molecule has 84 valence electrons. The molecule has 1 atom stereocenters. The summed E-state index contributed by atoms with van der Waals surface area (Å²) in [6.07, 6.45) is 0. The molecular formula is C12H19FN2. The predicted molar refractivity (Wildman–Crippen MR) is 61.3 cm³/mol. The molecule has 0 saturated carbocycles. The summed E-state index contributed by atoms with van der Waals surface area (Å²) in [5.41, 5.74) is 0.753. The van der Waals surface area contributed by atoms with Crippen molar-refractivity contribution >= 4 is 0 Å². The van der Waals surface area contributed by atoms with Crippen molar-refractivity contribution in [2.24, 2.45) is 0 Å². The fourth-order valence-electron chi connectivity index (χ4n) is 1.50. The number of hydrogen-bond acceptors (Lipinski definition) is 2. The summed E-state index contributed by atoms with van der Waals surface area (Å²) in [5.74, 6) is -0.124. The lowest BCUT2D eigenvalue weighted by molar-refractivity contribution is 0.243. The molecular weight excluding hydrogens is 191 g/mol. The van der Waals surface area contributed by atoms with Gasteiger partial charge in [-0.05, 0) is 27.1 Å². The molecule has 3 heteroatoms. The highest BCUT2D eigenvalue weighted by Gasteiger charge is 2.10. The summed E-state index contributed by atoms with van der Waals surface area (Å²) in [5, 5.41) is 3.11. The molecule has 1 aromatic carbocycles. The van der Waals surface area contributed by atoms with Gasteiger partial charge in [0.25, 0.3) is 0 Å². The topological polar surface area (TPSA) is 15.3 Å². The highest BCUT2D eigenvalue weighted by molar-refractivity contribution is 5.17. The van der Waals surface area contributed by atoms with Crippen molar-refractivity contribution in [2.45, 2.75) is 19.5 Å². The first kappa shape index (κ1) is 12.1. The van der Waals surface area contributed by atoms with Crippen LogP contribution in [-0.4, -0.2) is 31.6 Å². The zero-order valence-electron chi connectivity index (χ0n) is 9.63. The van der Waals surface area contributed by atoms with Gasteiger partial charge in [-0.2, -0.15) is 0 Å². The summed E-state index contributed by atoms with van der Waals surface area (Å²) in [6, 6.07) is 7.32. The maximum Gasteiger partial charge on any atom is 0.127 e. The average Bonchev–Trinajstić information content (AvgIpc) is 2.21. The van der Waals surface area contributed by atoms with E-state index in [0.717, 1.165) is 12.1 Å². The lowest BCUT2D eigenvalue weighted by Crippen LogP contribution is -2.36. The minimum absolute atomic E-state index is 0.124. The standard InChI is InChI=1S/C12H19FN2/c1-10(8-14-2)15(3)9-11-6-4-5-7-12(11)13/h4-7,10,14H,8-9H2,1-3H3. The number of hydrogen-bond donors (Lipinski definition) is 1. The number of likely N-dealkylation sites (N-methyl/N-ethyl adjacent to an activating group) is 2. The third kappa shape index (κ3) is 3.61. The molecule has 0 aliphatic heterocycles. The summed E-state index contributed by atoms with van der Waals surface area (Å²) in [4.78, 5) is 2.13. The summed E-state index contributed by atoms with van der Waals surface area (Å²) in [7, 11) is 3.93. The molecule has 0 heterocycles. The van der Waals surface area contributed by atoms with Crippen LogP contribution < -0.4 is 5.32 Å². The van der Waals surface area contributed by atoms with Gasteiger partial charge in [0.15, 0.2) is 0 Å². The number of benzene rings is 1. The maximum absolute atomic E-state index is 13.4. The van der Waals surface area contributed by atoms with E-state index in [-0.39, 0.29) is 5.82 Å². The van der Waals surface area contributed by atoms with Crippen molar-refractivity contribution < 1.29 is 4.39 Å². The second kappa shape index (κ2) is 5.83. The Kier molecular flexibility index (Phi) is 4.72. The first-order valence-corrected chi connectivity index (χ1v) is 5.23. The minimum Gasteiger partial charge on any atom is -0.318 e. The van der Waals surface area contributed by atoms with E-state index >= 15 is 0 Å². The Labute approximate surface area is 91.1 Å². The highest BCUT2D eigenvalue weighted by Crippen LogP contribution is 2.10. The fraction of sp³-hybridized carbons (Fsp3) is 0.500. The molecule has 0 radical (unpaired) electrons. The zero-order valence-corrected chi connectivity index (χ0v) is 9.63. The number of nitrogens with one attached hydrogen (secondary N) is 1. The van der Waals surface area contributed by atoms with E-state index < -0.39 is 0 Å². The van der Waals surface area contributed by atoms with E-state index in [1.54, 1.807) is 6.07 Å². The Morgan fingerprint density at radius 1 is 1.40 bits per heavy atom. The third-order valence-corrected chi connectivity index (χ3v) is 2.63. The Hall–Kier alpha value is -0.930. The second-order valence-corrected chi connectivity index (χ2v) is 3.91. The molecule has 2 nitrogen and oxygen atoms in total. The van der Waals surface area contributed by atoms with Gasteiger partial charge in [-0.15, -0.1) is 0 Å². The molecule has 1 unspecified atom stereocenters. The monoisotopic (exact) mass is 210 g/mol. The lowest BCUT2D eigenvalue weighted by Gasteiger charge is -2.24. The van der Waals surface area contributed by atoms with E-state index in [2.05, 4.69) is 17.1 Å². The van der Waals surface area contributed by atoms with Gasteiger partial charge in [0.05, 0.1) is 0 Å². The number of rotatable bonds is 5. The van der Waals surface area contributed by atoms with Crippen LogP contribution in [0, 0.1) is 5.82 Å². The fourth-order valence-corrected chi connectivity index (χ4v) is 1.50. The molecule has 1 rings (SSSR count). The van der Waals surface area contributed by atoms with Crippen molar-refractivity contribution in [1.82, 2.24) is 10.2 Å². The van der Waals surface area contributed by atoms with Crippen LogP contribution >= 0.6 is 0 Å². The predicted octanol–water partition coefficient (Wildman–Crippen LogP) is 1.87. The van der Waals surface area contributed by atoms with Gasteiger partial charge >= 0.3 is 0 Å². The van der Waals surface area contributed by atoms with Crippen LogP contribution in [0.25, 0.3) is 0 Å². The summed E-state index contributed by atoms with van der Waals surface area (Å²) >= 11 is 0. The Balaban J connectivity index is 2.58. The van der Waals surface area contributed by atoms with Crippen molar-refractivity contribution in [3.63, 3.8) is 0 Å². The van der Waals surface area contributed by atoms with E-state index in [0.29, 0.717) is 12.6 Å². The van der Waals surface area contributed by atoms with Crippen LogP contribution in [0.3, 0.4) is 0 Å². The average molecular weight is 210 g/mol. The summed E-state index contributed by atoms with van der Waals surface area (Å²) < 4.78 is 13.4. The molecule has 15 heavy (non-hydrogen) atoms. The molecule has 0 fully saturated rings. The first-order chi connectivity index (χ1) is 7.15. The van der Waals surface area contributed by atoms with Gasteiger partial charge in [0, 0.05) is 24.7 Å². The first-order valence-electron chi connectivity index (χ1n) is 5.23. The van der Waals surface area contributed by atoms with Gasteiger partial charge in [-0.25, -0.2) is 4.39 Å². The SMILES string of the molecule is CNCC(C)N(C)Cc1ccccc1F. The van der Waals surface area contributed by atoms with E-state index in [4.69, 9.17) is 0 Å². The third-order valence-electron chi connectivity index (χ3n) is 2.63. The van der Waals surface area contributed by atoms with Gasteiger partial charge in [0.1, 0.15) is 5.82 Å². The second-order valence-electron chi connectivity index (χ2n) is 3.91. The largest absolute Gasteiger partial charge is 0.318 e. The van der Waals surface area contributed by atoms with Crippen molar-refractivity contribution in [3.8, 4) is 0 Å². The molecule has 0 bridgehead atoms. The maximum atomic E-state index is 13.4. The highest BCUT2D eigenvalue weighted by atomic mass is 19.1. The molecule has 0 aliphatic rings. The van der Waals surface area contributed by atoms with Gasteiger partial charge < -0.3 is 5.32 Å². The van der Waals surface area contributed by atoms with Crippen LogP contribution in [0.5, 0.6) is 0 Å². The molecule has 0 aromatic heterocycles. The normalized spacial score (nSPS) is 13.1. The molecule has 1 N–H and O–H groups in total. The van der Waals surface area contributed by atoms with E-state index in [1.165, 1.54) is 6.07 Å². The van der Waals surface area contributed by atoms with Crippen LogP contribution in [-0.2, 0) is 6.54 Å². The van der Waals surface area contributed by atoms with Gasteiger partial charge in [0.2, 0.25) is 0 Å². The molecule has 0 amide bonds. The summed E-state index contributed by atoms with van der Waals surface area (Å²) in [6.45, 7) is 3.68. The smallest absolute Gasteiger partial charge is 0.127 e. The van der Waals surface area contributed by atoms with Crippen LogP contribution in [0.2, 0.25) is 0 Å². The lowest BCUT2D eigenvalue weighted by atomic mass is 10.2. The molecule has 0 aliphatic carbocycles. The van der Waals surface area contributed by atoms with Crippen LogP contribution in [0.1, 0.15) is 12.5 Å². The van der Waals surface area contributed by atoms with E-state index in [9.17, 15) is 4.39 Å². The van der Waals surface area contributed by atoms with E-state index in [1.807, 2.05) is 26.2 Å². The number of nitrogens with zero attached hydrogens (tertiary/aromatic N) is 1. The van der Waals surface area contributed by atoms with Crippen molar-refractivity contribution in [1.29, 1.82) is 0 Å². The molecule has 0 spiro atoms. The Morgan fingerprint density at radius 2 is 2.07 bits per heavy atom. The quantitative estimate of drug-likeness (QED) is 0.798. The van der Waals surface area contributed by atoms with Crippen LogP contribution in [0.15, 0.2) is 24.3 Å². The Bertz CT molecular complexity index is 301. The molecule has 1 aromatic rings. The van der Waals surface area contributed by atoms with Crippen molar-refractivity contribution in [2.75, 3.05) is 20.6 Å². The molecule has 0 saturated heterocycles. The van der Waals surface area contributed by atoms with Gasteiger partial charge in [-0.1, -0.05) is 18.2 Å².